The van der Waals surface area contributed by atoms with Crippen molar-refractivity contribution in [3.63, 3.8) is 0 Å². The van der Waals surface area contributed by atoms with Crippen molar-refractivity contribution >= 4 is 56.5 Å². The second-order valence-corrected chi connectivity index (χ2v) is 9.82. The molecule has 3 aromatic carbocycles. The first-order valence-corrected chi connectivity index (χ1v) is 10.7. The van der Waals surface area contributed by atoms with Crippen LogP contribution in [0.4, 0.5) is 16.2 Å². The maximum atomic E-state index is 12.9. The number of para-hydroxylation sites is 1. The van der Waals surface area contributed by atoms with Crippen molar-refractivity contribution in [2.75, 3.05) is 10.7 Å². The maximum absolute atomic E-state index is 12.9. The fourth-order valence-corrected chi connectivity index (χ4v) is 5.25. The van der Waals surface area contributed by atoms with Gasteiger partial charge in [0.15, 0.2) is 10.5 Å². The van der Waals surface area contributed by atoms with Crippen LogP contribution in [-0.4, -0.2) is 36.5 Å². The first-order chi connectivity index (χ1) is 14.3. The van der Waals surface area contributed by atoms with Crippen molar-refractivity contribution in [3.05, 3.63) is 72.8 Å². The van der Waals surface area contributed by atoms with Gasteiger partial charge in [-0.3, -0.25) is 10.6 Å². The molecule has 8 heteroatoms. The first-order valence-electron chi connectivity index (χ1n) is 9.47. The van der Waals surface area contributed by atoms with Gasteiger partial charge in [0.05, 0.1) is 10.4 Å². The number of urea groups is 1. The number of hydroxylamine groups is 2. The molecule has 0 aromatic heterocycles. The SMILES string of the molecule is CC1(C)SC(=S)N(Nc2ccccc2)C1N(O)C(=O)Nc1ccc2ccccc2c1. The summed E-state index contributed by atoms with van der Waals surface area (Å²) in [6.07, 6.45) is -0.712. The summed E-state index contributed by atoms with van der Waals surface area (Å²) in [5.74, 6) is 0. The molecular formula is C22H22N4O2S2. The van der Waals surface area contributed by atoms with Gasteiger partial charge in [0, 0.05) is 5.69 Å². The highest BCUT2D eigenvalue weighted by molar-refractivity contribution is 8.24. The van der Waals surface area contributed by atoms with Crippen LogP contribution in [0.2, 0.25) is 0 Å². The number of thiocarbonyl (C=S) groups is 1. The lowest BCUT2D eigenvalue weighted by atomic mass is 10.1. The minimum atomic E-state index is -0.712. The Labute approximate surface area is 184 Å². The van der Waals surface area contributed by atoms with Crippen molar-refractivity contribution in [2.24, 2.45) is 0 Å². The van der Waals surface area contributed by atoms with Gasteiger partial charge in [-0.15, -0.1) is 0 Å². The molecule has 1 fully saturated rings. The predicted octanol–water partition coefficient (Wildman–Crippen LogP) is 5.53. The number of hydrazine groups is 1. The van der Waals surface area contributed by atoms with Gasteiger partial charge in [-0.2, -0.15) is 5.06 Å². The lowest BCUT2D eigenvalue weighted by Gasteiger charge is -2.36. The standard InChI is InChI=1S/C22H22N4O2S2/c1-22(2)19(25(21(29)30-22)24-17-10-4-3-5-11-17)26(28)20(27)23-18-13-12-15-8-6-7-9-16(15)14-18/h3-14,19,24,28H,1-2H3,(H,23,27). The number of anilines is 2. The molecule has 30 heavy (non-hydrogen) atoms. The Morgan fingerprint density at radius 3 is 2.43 bits per heavy atom. The van der Waals surface area contributed by atoms with E-state index in [-0.39, 0.29) is 0 Å². The number of carbonyl (C=O) groups excluding carboxylic acids is 1. The van der Waals surface area contributed by atoms with E-state index in [0.29, 0.717) is 15.1 Å². The third kappa shape index (κ3) is 4.07. The van der Waals surface area contributed by atoms with E-state index < -0.39 is 16.9 Å². The number of fused-ring (bicyclic) bond motifs is 1. The van der Waals surface area contributed by atoms with Crippen molar-refractivity contribution in [2.45, 2.75) is 24.8 Å². The molecule has 1 heterocycles. The average molecular weight is 439 g/mol. The van der Waals surface area contributed by atoms with E-state index in [1.807, 2.05) is 86.6 Å². The molecule has 4 rings (SSSR count). The second-order valence-electron chi connectivity index (χ2n) is 7.53. The van der Waals surface area contributed by atoms with Crippen LogP contribution in [0.25, 0.3) is 10.8 Å². The molecular weight excluding hydrogens is 416 g/mol. The lowest BCUT2D eigenvalue weighted by molar-refractivity contribution is -0.110. The summed E-state index contributed by atoms with van der Waals surface area (Å²) in [5.41, 5.74) is 4.62. The largest absolute Gasteiger partial charge is 0.347 e. The maximum Gasteiger partial charge on any atom is 0.347 e. The summed E-state index contributed by atoms with van der Waals surface area (Å²) in [6.45, 7) is 3.88. The van der Waals surface area contributed by atoms with Crippen LogP contribution in [0.5, 0.6) is 0 Å². The van der Waals surface area contributed by atoms with Gasteiger partial charge >= 0.3 is 6.03 Å². The van der Waals surface area contributed by atoms with Gasteiger partial charge in [-0.1, -0.05) is 72.5 Å². The number of carbonyl (C=O) groups is 1. The number of rotatable bonds is 4. The summed E-state index contributed by atoms with van der Waals surface area (Å²) < 4.78 is 0.0142. The molecule has 154 valence electrons. The van der Waals surface area contributed by atoms with Crippen LogP contribution in [0.1, 0.15) is 13.8 Å². The van der Waals surface area contributed by atoms with E-state index in [4.69, 9.17) is 12.2 Å². The summed E-state index contributed by atoms with van der Waals surface area (Å²) in [4.78, 5) is 12.9. The van der Waals surface area contributed by atoms with E-state index in [1.54, 1.807) is 5.01 Å². The number of thioether (sulfide) groups is 1. The lowest BCUT2D eigenvalue weighted by Crippen LogP contribution is -2.57. The van der Waals surface area contributed by atoms with Crippen LogP contribution in [0.3, 0.4) is 0 Å². The quantitative estimate of drug-likeness (QED) is 0.283. The predicted molar refractivity (Wildman–Crippen MR) is 127 cm³/mol. The van der Waals surface area contributed by atoms with E-state index in [9.17, 15) is 10.0 Å². The number of amides is 2. The number of hydrogen-bond acceptors (Lipinski definition) is 5. The molecule has 1 aliphatic rings. The zero-order valence-corrected chi connectivity index (χ0v) is 18.2. The third-order valence-electron chi connectivity index (χ3n) is 4.88. The van der Waals surface area contributed by atoms with Gasteiger partial charge in [-0.05, 0) is 48.9 Å². The van der Waals surface area contributed by atoms with Crippen LogP contribution in [-0.2, 0) is 0 Å². The first kappa shape index (κ1) is 20.5. The van der Waals surface area contributed by atoms with Gasteiger partial charge in [0.2, 0.25) is 0 Å². The highest BCUT2D eigenvalue weighted by Gasteiger charge is 2.50. The summed E-state index contributed by atoms with van der Waals surface area (Å²) in [6, 6.07) is 22.4. The van der Waals surface area contributed by atoms with Crippen molar-refractivity contribution in [1.82, 2.24) is 10.1 Å². The fraction of sp³-hybridized carbons (Fsp3) is 0.182. The monoisotopic (exact) mass is 438 g/mol. The Kier molecular flexibility index (Phi) is 5.55. The molecule has 0 spiro atoms. The molecule has 2 amide bonds. The van der Waals surface area contributed by atoms with Gasteiger partial charge in [0.1, 0.15) is 0 Å². The summed E-state index contributed by atoms with van der Waals surface area (Å²) in [7, 11) is 0. The van der Waals surface area contributed by atoms with Crippen molar-refractivity contribution in [1.29, 1.82) is 0 Å². The Morgan fingerprint density at radius 1 is 1.03 bits per heavy atom. The Morgan fingerprint density at radius 2 is 1.70 bits per heavy atom. The third-order valence-corrected chi connectivity index (χ3v) is 6.43. The number of benzene rings is 3. The Bertz CT molecular complexity index is 1090. The molecule has 0 radical (unpaired) electrons. The topological polar surface area (TPSA) is 67.8 Å². The van der Waals surface area contributed by atoms with E-state index in [0.717, 1.165) is 16.5 Å². The second kappa shape index (κ2) is 8.14. The molecule has 0 saturated carbocycles. The highest BCUT2D eigenvalue weighted by atomic mass is 32.2. The van der Waals surface area contributed by atoms with Gasteiger partial charge < -0.3 is 5.32 Å². The minimum absolute atomic E-state index is 0.533. The zero-order chi connectivity index (χ0) is 21.3. The van der Waals surface area contributed by atoms with Gasteiger partial charge in [0.25, 0.3) is 0 Å². The smallest absolute Gasteiger partial charge is 0.306 e. The van der Waals surface area contributed by atoms with Gasteiger partial charge in [-0.25, -0.2) is 9.80 Å². The van der Waals surface area contributed by atoms with Crippen LogP contribution in [0.15, 0.2) is 72.8 Å². The highest BCUT2D eigenvalue weighted by Crippen LogP contribution is 2.42. The van der Waals surface area contributed by atoms with Crippen molar-refractivity contribution < 1.29 is 10.0 Å². The molecule has 1 saturated heterocycles. The van der Waals surface area contributed by atoms with Crippen LogP contribution in [0, 0.1) is 0 Å². The Balaban J connectivity index is 1.55. The number of nitrogens with one attached hydrogen (secondary N) is 2. The normalized spacial score (nSPS) is 17.8. The molecule has 6 nitrogen and oxygen atoms in total. The molecule has 0 bridgehead atoms. The molecule has 3 N–H and O–H groups in total. The average Bonchev–Trinajstić information content (AvgIpc) is 2.95. The summed E-state index contributed by atoms with van der Waals surface area (Å²) >= 11 is 6.94. The molecule has 1 unspecified atom stereocenters. The van der Waals surface area contributed by atoms with E-state index >= 15 is 0 Å². The van der Waals surface area contributed by atoms with Crippen molar-refractivity contribution in [3.8, 4) is 0 Å². The fourth-order valence-electron chi connectivity index (χ4n) is 3.46. The van der Waals surface area contributed by atoms with Crippen LogP contribution >= 0.6 is 24.0 Å². The number of nitrogens with zero attached hydrogens (tertiary/aromatic N) is 2. The summed E-state index contributed by atoms with van der Waals surface area (Å²) in [5, 5.41) is 18.1. The molecule has 1 atom stereocenters. The molecule has 3 aromatic rings. The van der Waals surface area contributed by atoms with Crippen LogP contribution < -0.4 is 10.7 Å². The van der Waals surface area contributed by atoms with E-state index in [2.05, 4.69) is 10.7 Å². The number of hydrogen-bond donors (Lipinski definition) is 3. The Hall–Kier alpha value is -2.81. The zero-order valence-electron chi connectivity index (χ0n) is 16.6. The van der Waals surface area contributed by atoms with E-state index in [1.165, 1.54) is 11.8 Å². The molecule has 0 aliphatic carbocycles. The molecule has 1 aliphatic heterocycles. The minimum Gasteiger partial charge on any atom is -0.306 e.